The van der Waals surface area contributed by atoms with Crippen molar-refractivity contribution >= 4 is 5.91 Å². The lowest BCUT2D eigenvalue weighted by Gasteiger charge is -2.21. The lowest BCUT2D eigenvalue weighted by Crippen LogP contribution is -2.42. The molecule has 23 heavy (non-hydrogen) atoms. The monoisotopic (exact) mass is 317 g/mol. The molecule has 1 fully saturated rings. The highest BCUT2D eigenvalue weighted by Crippen LogP contribution is 2.25. The van der Waals surface area contributed by atoms with E-state index in [1.807, 2.05) is 31.6 Å². The molecule has 0 radical (unpaired) electrons. The van der Waals surface area contributed by atoms with E-state index in [2.05, 4.69) is 20.4 Å². The second-order valence-electron chi connectivity index (χ2n) is 5.99. The number of imidazole rings is 1. The van der Waals surface area contributed by atoms with Crippen molar-refractivity contribution in [2.45, 2.75) is 58.7 Å². The fourth-order valence-electron chi connectivity index (χ4n) is 3.05. The Labute approximate surface area is 135 Å². The Hall–Kier alpha value is -2.31. The van der Waals surface area contributed by atoms with Crippen molar-refractivity contribution in [3.05, 3.63) is 29.6 Å². The number of aromatic nitrogens is 4. The molecule has 0 aliphatic heterocycles. The number of rotatable bonds is 5. The fraction of sp³-hybridized carbons (Fsp3) is 0.562. The maximum atomic E-state index is 12.4. The molecule has 3 rings (SSSR count). The topological polar surface area (TPSA) is 84.8 Å². The van der Waals surface area contributed by atoms with Gasteiger partial charge in [-0.05, 0) is 40.0 Å². The summed E-state index contributed by atoms with van der Waals surface area (Å²) in [6.45, 7) is 6.54. The highest BCUT2D eigenvalue weighted by atomic mass is 16.5. The van der Waals surface area contributed by atoms with Gasteiger partial charge in [-0.15, -0.1) is 0 Å². The Balaban J connectivity index is 1.64. The summed E-state index contributed by atoms with van der Waals surface area (Å²) < 4.78 is 7.84. The van der Waals surface area contributed by atoms with Crippen LogP contribution in [-0.4, -0.2) is 37.8 Å². The van der Waals surface area contributed by atoms with Crippen LogP contribution in [0, 0.1) is 13.8 Å². The third-order valence-electron chi connectivity index (χ3n) is 4.21. The van der Waals surface area contributed by atoms with Gasteiger partial charge < -0.3 is 15.0 Å². The van der Waals surface area contributed by atoms with Crippen molar-refractivity contribution in [3.8, 4) is 5.75 Å². The van der Waals surface area contributed by atoms with Gasteiger partial charge in [-0.2, -0.15) is 5.10 Å². The van der Waals surface area contributed by atoms with Crippen LogP contribution >= 0.6 is 0 Å². The van der Waals surface area contributed by atoms with Gasteiger partial charge in [0.15, 0.2) is 5.75 Å². The molecule has 2 aromatic heterocycles. The van der Waals surface area contributed by atoms with Gasteiger partial charge >= 0.3 is 0 Å². The lowest BCUT2D eigenvalue weighted by atomic mass is 10.2. The number of aromatic amines is 1. The first-order valence-corrected chi connectivity index (χ1v) is 8.10. The molecule has 0 aromatic carbocycles. The second kappa shape index (κ2) is 6.44. The van der Waals surface area contributed by atoms with Gasteiger partial charge in [-0.1, -0.05) is 0 Å². The van der Waals surface area contributed by atoms with E-state index in [4.69, 9.17) is 4.74 Å². The molecule has 1 saturated carbocycles. The maximum absolute atomic E-state index is 12.4. The first-order chi connectivity index (χ1) is 11.1. The first kappa shape index (κ1) is 15.6. The van der Waals surface area contributed by atoms with Crippen LogP contribution < -0.4 is 10.1 Å². The smallest absolute Gasteiger partial charge is 0.272 e. The summed E-state index contributed by atoms with van der Waals surface area (Å²) in [5.41, 5.74) is 1.26. The van der Waals surface area contributed by atoms with E-state index in [-0.39, 0.29) is 18.1 Å². The summed E-state index contributed by atoms with van der Waals surface area (Å²) >= 11 is 0. The van der Waals surface area contributed by atoms with Crippen LogP contribution in [0.3, 0.4) is 0 Å². The summed E-state index contributed by atoms with van der Waals surface area (Å²) in [7, 11) is 0. The minimum Gasteiger partial charge on any atom is -0.485 e. The van der Waals surface area contributed by atoms with Crippen LogP contribution in [0.4, 0.5) is 0 Å². The van der Waals surface area contributed by atoms with Crippen LogP contribution in [0.25, 0.3) is 0 Å². The lowest BCUT2D eigenvalue weighted by molar-refractivity contribution is 0.0888. The van der Waals surface area contributed by atoms with Gasteiger partial charge in [-0.3, -0.25) is 9.48 Å². The fourth-order valence-corrected chi connectivity index (χ4v) is 3.05. The van der Waals surface area contributed by atoms with Crippen LogP contribution in [-0.2, 0) is 6.54 Å². The number of hydrogen-bond donors (Lipinski definition) is 2. The number of nitrogens with one attached hydrogen (secondary N) is 2. The van der Waals surface area contributed by atoms with Gasteiger partial charge in [-0.25, -0.2) is 4.98 Å². The van der Waals surface area contributed by atoms with Crippen LogP contribution in [0.5, 0.6) is 5.75 Å². The summed E-state index contributed by atoms with van der Waals surface area (Å²) in [6, 6.07) is 0.00360. The average molecular weight is 317 g/mol. The van der Waals surface area contributed by atoms with E-state index in [0.717, 1.165) is 43.1 Å². The summed E-state index contributed by atoms with van der Waals surface area (Å²) in [4.78, 5) is 19.7. The van der Waals surface area contributed by atoms with Crippen molar-refractivity contribution in [1.29, 1.82) is 0 Å². The zero-order chi connectivity index (χ0) is 16.4. The Morgan fingerprint density at radius 2 is 2.30 bits per heavy atom. The molecule has 0 spiro atoms. The van der Waals surface area contributed by atoms with Crippen molar-refractivity contribution in [2.24, 2.45) is 0 Å². The second-order valence-corrected chi connectivity index (χ2v) is 5.99. The number of hydrogen-bond acceptors (Lipinski definition) is 4. The SMILES string of the molecule is CCn1cc(O[C@@H]2CCC[C@@H]2NC(=O)c2nc(C)[nH]c2C)cn1. The van der Waals surface area contributed by atoms with Crippen LogP contribution in [0.2, 0.25) is 0 Å². The predicted molar refractivity (Wildman–Crippen MR) is 85.5 cm³/mol. The van der Waals surface area contributed by atoms with Gasteiger partial charge in [0.2, 0.25) is 0 Å². The quantitative estimate of drug-likeness (QED) is 0.883. The number of nitrogens with zero attached hydrogens (tertiary/aromatic N) is 3. The van der Waals surface area contributed by atoms with Crippen molar-refractivity contribution in [1.82, 2.24) is 25.1 Å². The van der Waals surface area contributed by atoms with Gasteiger partial charge in [0.25, 0.3) is 5.91 Å². The largest absolute Gasteiger partial charge is 0.485 e. The molecule has 124 valence electrons. The maximum Gasteiger partial charge on any atom is 0.272 e. The Kier molecular flexibility index (Phi) is 4.36. The third kappa shape index (κ3) is 3.38. The highest BCUT2D eigenvalue weighted by molar-refractivity contribution is 5.93. The number of aryl methyl sites for hydroxylation is 3. The number of ether oxygens (including phenoxy) is 1. The molecule has 0 bridgehead atoms. The van der Waals surface area contributed by atoms with E-state index in [0.29, 0.717) is 5.69 Å². The number of carbonyl (C=O) groups is 1. The zero-order valence-electron chi connectivity index (χ0n) is 13.8. The van der Waals surface area contributed by atoms with Gasteiger partial charge in [0.1, 0.15) is 17.6 Å². The van der Waals surface area contributed by atoms with E-state index in [1.54, 1.807) is 6.20 Å². The minimum atomic E-state index is -0.142. The molecule has 1 aliphatic carbocycles. The number of H-pyrrole nitrogens is 1. The molecule has 2 heterocycles. The molecule has 2 atom stereocenters. The molecule has 0 saturated heterocycles. The van der Waals surface area contributed by atoms with Crippen molar-refractivity contribution < 1.29 is 9.53 Å². The Morgan fingerprint density at radius 1 is 1.48 bits per heavy atom. The van der Waals surface area contributed by atoms with Crippen molar-refractivity contribution in [2.75, 3.05) is 0 Å². The minimum absolute atomic E-state index is 0.00360. The van der Waals surface area contributed by atoms with Gasteiger partial charge in [0, 0.05) is 12.2 Å². The summed E-state index contributed by atoms with van der Waals surface area (Å²) in [5.74, 6) is 1.36. The zero-order valence-corrected chi connectivity index (χ0v) is 13.8. The molecule has 7 nitrogen and oxygen atoms in total. The molecule has 2 N–H and O–H groups in total. The normalized spacial score (nSPS) is 20.7. The Bertz CT molecular complexity index is 690. The third-order valence-corrected chi connectivity index (χ3v) is 4.21. The molecule has 1 amide bonds. The molecule has 2 aromatic rings. The molecule has 1 aliphatic rings. The standard InChI is InChI=1S/C16H23N5O2/c1-4-21-9-12(8-17-21)23-14-7-5-6-13(14)20-16(22)15-10(2)18-11(3)19-15/h8-9,13-14H,4-7H2,1-3H3,(H,18,19)(H,20,22)/t13-,14+/m0/s1. The van der Waals surface area contributed by atoms with Crippen LogP contribution in [0.1, 0.15) is 48.2 Å². The number of carbonyl (C=O) groups excluding carboxylic acids is 1. The summed E-state index contributed by atoms with van der Waals surface area (Å²) in [5, 5.41) is 7.28. The molecular weight excluding hydrogens is 294 g/mol. The van der Waals surface area contributed by atoms with E-state index >= 15 is 0 Å². The first-order valence-electron chi connectivity index (χ1n) is 8.10. The summed E-state index contributed by atoms with van der Waals surface area (Å²) in [6.07, 6.45) is 6.48. The van der Waals surface area contributed by atoms with E-state index in [1.165, 1.54) is 0 Å². The molecule has 7 heteroatoms. The van der Waals surface area contributed by atoms with E-state index < -0.39 is 0 Å². The van der Waals surface area contributed by atoms with Crippen molar-refractivity contribution in [3.63, 3.8) is 0 Å². The highest BCUT2D eigenvalue weighted by Gasteiger charge is 2.31. The molecule has 0 unspecified atom stereocenters. The Morgan fingerprint density at radius 3 is 2.96 bits per heavy atom. The van der Waals surface area contributed by atoms with Crippen LogP contribution in [0.15, 0.2) is 12.4 Å². The number of amides is 1. The van der Waals surface area contributed by atoms with Gasteiger partial charge in [0.05, 0.1) is 18.4 Å². The molecular formula is C16H23N5O2. The van der Waals surface area contributed by atoms with E-state index in [9.17, 15) is 4.79 Å². The predicted octanol–water partition coefficient (Wildman–Crippen LogP) is 1.97. The average Bonchev–Trinajstić information content (AvgIpc) is 3.21.